The van der Waals surface area contributed by atoms with E-state index in [1.54, 1.807) is 18.2 Å². The van der Waals surface area contributed by atoms with Crippen molar-refractivity contribution in [2.24, 2.45) is 0 Å². The molecule has 1 saturated carbocycles. The van der Waals surface area contributed by atoms with Crippen LogP contribution in [0, 0.1) is 11.3 Å². The first kappa shape index (κ1) is 19.8. The number of rotatable bonds is 4. The average Bonchev–Trinajstić information content (AvgIpc) is 2.54. The fraction of sp³-hybridized carbons (Fsp3) is 0.550. The lowest BCUT2D eigenvalue weighted by Gasteiger charge is -2.31. The second-order valence-electron chi connectivity index (χ2n) is 7.77. The first-order valence-corrected chi connectivity index (χ1v) is 8.99. The summed E-state index contributed by atoms with van der Waals surface area (Å²) in [7, 11) is 0. The molecule has 0 bridgehead atoms. The van der Waals surface area contributed by atoms with Gasteiger partial charge in [0.1, 0.15) is 5.60 Å². The minimum absolute atomic E-state index is 0.0303. The molecule has 1 fully saturated rings. The first-order valence-electron chi connectivity index (χ1n) is 8.99. The molecule has 0 heterocycles. The minimum Gasteiger partial charge on any atom is -0.444 e. The fourth-order valence-electron chi connectivity index (χ4n) is 3.12. The molecule has 0 spiro atoms. The van der Waals surface area contributed by atoms with E-state index < -0.39 is 5.60 Å². The predicted molar refractivity (Wildman–Crippen MR) is 100 cm³/mol. The van der Waals surface area contributed by atoms with Crippen LogP contribution in [-0.2, 0) is 4.74 Å². The lowest BCUT2D eigenvalue weighted by Crippen LogP contribution is -2.42. The predicted octanol–water partition coefficient (Wildman–Crippen LogP) is 4.01. The highest BCUT2D eigenvalue weighted by Gasteiger charge is 2.25. The Morgan fingerprint density at radius 3 is 2.31 bits per heavy atom. The molecule has 1 aliphatic rings. The van der Waals surface area contributed by atoms with Crippen LogP contribution in [0.15, 0.2) is 18.2 Å². The zero-order valence-electron chi connectivity index (χ0n) is 15.9. The number of nitriles is 1. The topological polar surface area (TPSA) is 91.2 Å². The number of ether oxygens (including phenoxy) is 1. The molecule has 1 amide bonds. The summed E-state index contributed by atoms with van der Waals surface area (Å²) in [5.74, 6) is -0.0303. The molecule has 0 aliphatic heterocycles. The highest BCUT2D eigenvalue weighted by atomic mass is 16.6. The number of benzene rings is 1. The normalized spacial score (nSPS) is 20.0. The number of Topliss-reactive ketones (excluding diaryl/α,β-unsaturated/α-hetero) is 1. The Hall–Kier alpha value is -2.55. The van der Waals surface area contributed by atoms with E-state index in [0.717, 1.165) is 25.7 Å². The molecular formula is C20H27N3O3. The smallest absolute Gasteiger partial charge is 0.407 e. The standard InChI is InChI=1S/C20H27N3O3/c1-13(24)17-10-5-14(12-21)11-18(17)22-15-6-8-16(9-7-15)23-19(25)26-20(2,3)4/h5,10-11,15-16,22H,6-9H2,1-4H3,(H,23,25). The third-order valence-corrected chi connectivity index (χ3v) is 4.34. The van der Waals surface area contributed by atoms with Crippen molar-refractivity contribution in [2.45, 2.75) is 71.1 Å². The van der Waals surface area contributed by atoms with Gasteiger partial charge in [0.2, 0.25) is 0 Å². The second kappa shape index (κ2) is 8.22. The van der Waals surface area contributed by atoms with Crippen LogP contribution < -0.4 is 10.6 Å². The van der Waals surface area contributed by atoms with Crippen LogP contribution in [-0.4, -0.2) is 29.6 Å². The van der Waals surface area contributed by atoms with Crippen molar-refractivity contribution >= 4 is 17.6 Å². The summed E-state index contributed by atoms with van der Waals surface area (Å²) >= 11 is 0. The molecule has 2 N–H and O–H groups in total. The molecule has 140 valence electrons. The summed E-state index contributed by atoms with van der Waals surface area (Å²) in [4.78, 5) is 23.7. The van der Waals surface area contributed by atoms with Gasteiger partial charge in [-0.15, -0.1) is 0 Å². The van der Waals surface area contributed by atoms with Gasteiger partial charge in [0.25, 0.3) is 0 Å². The van der Waals surface area contributed by atoms with Gasteiger partial charge in [0.15, 0.2) is 5.78 Å². The first-order chi connectivity index (χ1) is 12.2. The molecular weight excluding hydrogens is 330 g/mol. The number of hydrogen-bond donors (Lipinski definition) is 2. The van der Waals surface area contributed by atoms with Crippen LogP contribution >= 0.6 is 0 Å². The van der Waals surface area contributed by atoms with Gasteiger partial charge in [0, 0.05) is 23.3 Å². The number of carbonyl (C=O) groups excluding carboxylic acids is 2. The Kier molecular flexibility index (Phi) is 6.25. The highest BCUT2D eigenvalue weighted by Crippen LogP contribution is 2.26. The lowest BCUT2D eigenvalue weighted by atomic mass is 9.90. The van der Waals surface area contributed by atoms with Crippen LogP contribution in [0.1, 0.15) is 69.3 Å². The van der Waals surface area contributed by atoms with Gasteiger partial charge in [-0.25, -0.2) is 4.79 Å². The molecule has 0 saturated heterocycles. The summed E-state index contributed by atoms with van der Waals surface area (Å²) in [5, 5.41) is 15.4. The Morgan fingerprint density at radius 2 is 1.77 bits per heavy atom. The van der Waals surface area contributed by atoms with Crippen molar-refractivity contribution in [3.63, 3.8) is 0 Å². The van der Waals surface area contributed by atoms with E-state index in [0.29, 0.717) is 16.8 Å². The zero-order chi connectivity index (χ0) is 19.3. The van der Waals surface area contributed by atoms with Gasteiger partial charge >= 0.3 is 6.09 Å². The van der Waals surface area contributed by atoms with Gasteiger partial charge in [-0.05, 0) is 71.6 Å². The van der Waals surface area contributed by atoms with Crippen LogP contribution in [0.5, 0.6) is 0 Å². The quantitative estimate of drug-likeness (QED) is 0.795. The molecule has 26 heavy (non-hydrogen) atoms. The van der Waals surface area contributed by atoms with Gasteiger partial charge in [-0.2, -0.15) is 5.26 Å². The Bertz CT molecular complexity index is 708. The highest BCUT2D eigenvalue weighted by molar-refractivity contribution is 5.99. The van der Waals surface area contributed by atoms with Gasteiger partial charge in [-0.1, -0.05) is 0 Å². The van der Waals surface area contributed by atoms with Crippen molar-refractivity contribution in [1.29, 1.82) is 5.26 Å². The summed E-state index contributed by atoms with van der Waals surface area (Å²) in [6.07, 6.45) is 3.03. The van der Waals surface area contributed by atoms with Gasteiger partial charge in [0.05, 0.1) is 11.6 Å². The van der Waals surface area contributed by atoms with Crippen molar-refractivity contribution in [3.8, 4) is 6.07 Å². The molecule has 1 aliphatic carbocycles. The maximum atomic E-state index is 11.9. The van der Waals surface area contributed by atoms with E-state index in [9.17, 15) is 9.59 Å². The summed E-state index contributed by atoms with van der Waals surface area (Å²) in [5.41, 5.74) is 1.33. The van der Waals surface area contributed by atoms with E-state index in [-0.39, 0.29) is 24.0 Å². The average molecular weight is 357 g/mol. The number of hydrogen-bond acceptors (Lipinski definition) is 5. The maximum Gasteiger partial charge on any atom is 0.407 e. The SMILES string of the molecule is CC(=O)c1ccc(C#N)cc1NC1CCC(NC(=O)OC(C)(C)C)CC1. The van der Waals surface area contributed by atoms with Gasteiger partial charge in [-0.3, -0.25) is 4.79 Å². The maximum absolute atomic E-state index is 11.9. The molecule has 0 radical (unpaired) electrons. The largest absolute Gasteiger partial charge is 0.444 e. The minimum atomic E-state index is -0.502. The van der Waals surface area contributed by atoms with Crippen LogP contribution in [0.4, 0.5) is 10.5 Å². The van der Waals surface area contributed by atoms with Gasteiger partial charge < -0.3 is 15.4 Å². The molecule has 1 aromatic carbocycles. The van der Waals surface area contributed by atoms with Crippen LogP contribution in [0.3, 0.4) is 0 Å². The number of nitrogens with zero attached hydrogens (tertiary/aromatic N) is 1. The monoisotopic (exact) mass is 357 g/mol. The van der Waals surface area contributed by atoms with E-state index in [1.807, 2.05) is 20.8 Å². The molecule has 6 heteroatoms. The molecule has 0 atom stereocenters. The number of carbonyl (C=O) groups is 2. The number of amides is 1. The third kappa shape index (κ3) is 5.76. The summed E-state index contributed by atoms with van der Waals surface area (Å²) in [6.45, 7) is 7.05. The molecule has 1 aromatic rings. The van der Waals surface area contributed by atoms with Crippen molar-refractivity contribution < 1.29 is 14.3 Å². The van der Waals surface area contributed by atoms with Crippen molar-refractivity contribution in [1.82, 2.24) is 5.32 Å². The number of alkyl carbamates (subject to hydrolysis) is 1. The van der Waals surface area contributed by atoms with Crippen LogP contribution in [0.2, 0.25) is 0 Å². The third-order valence-electron chi connectivity index (χ3n) is 4.34. The Balaban J connectivity index is 1.92. The van der Waals surface area contributed by atoms with E-state index in [1.165, 1.54) is 6.92 Å². The second-order valence-corrected chi connectivity index (χ2v) is 7.77. The molecule has 0 aromatic heterocycles. The molecule has 2 rings (SSSR count). The lowest BCUT2D eigenvalue weighted by molar-refractivity contribution is 0.0492. The van der Waals surface area contributed by atoms with E-state index >= 15 is 0 Å². The van der Waals surface area contributed by atoms with E-state index in [4.69, 9.17) is 10.00 Å². The van der Waals surface area contributed by atoms with Crippen molar-refractivity contribution in [2.75, 3.05) is 5.32 Å². The summed E-state index contributed by atoms with van der Waals surface area (Å²) < 4.78 is 5.30. The fourth-order valence-corrected chi connectivity index (χ4v) is 3.12. The molecule has 0 unspecified atom stereocenters. The number of ketones is 1. The summed E-state index contributed by atoms with van der Waals surface area (Å²) in [6, 6.07) is 7.48. The molecule has 6 nitrogen and oxygen atoms in total. The van der Waals surface area contributed by atoms with Crippen molar-refractivity contribution in [3.05, 3.63) is 29.3 Å². The van der Waals surface area contributed by atoms with E-state index in [2.05, 4.69) is 16.7 Å². The Labute approximate surface area is 154 Å². The zero-order valence-corrected chi connectivity index (χ0v) is 15.9. The van der Waals surface area contributed by atoms with Crippen LogP contribution in [0.25, 0.3) is 0 Å². The number of nitrogens with one attached hydrogen (secondary N) is 2. The Morgan fingerprint density at radius 1 is 1.15 bits per heavy atom. The number of anilines is 1.